The number of carbonyl (C=O) groups excluding carboxylic acids is 2. The summed E-state index contributed by atoms with van der Waals surface area (Å²) in [6.45, 7) is 4.21. The number of rotatable bonds is 12. The number of amides is 2. The van der Waals surface area contributed by atoms with Gasteiger partial charge in [-0.15, -0.1) is 0 Å². The van der Waals surface area contributed by atoms with Crippen LogP contribution in [0.15, 0.2) is 72.9 Å². The molecule has 4 rings (SSSR count). The lowest BCUT2D eigenvalue weighted by Crippen LogP contribution is -2.48. The van der Waals surface area contributed by atoms with E-state index in [1.807, 2.05) is 35.2 Å². The van der Waals surface area contributed by atoms with E-state index < -0.39 is 0 Å². The van der Waals surface area contributed by atoms with Crippen molar-refractivity contribution in [2.45, 2.75) is 64.6 Å². The summed E-state index contributed by atoms with van der Waals surface area (Å²) >= 11 is 0. The van der Waals surface area contributed by atoms with Gasteiger partial charge in [0, 0.05) is 43.7 Å². The summed E-state index contributed by atoms with van der Waals surface area (Å²) in [6.07, 6.45) is 8.51. The van der Waals surface area contributed by atoms with Crippen LogP contribution in [0.1, 0.15) is 66.2 Å². The lowest BCUT2D eigenvalue weighted by atomic mass is 9.94. The molecule has 0 radical (unpaired) electrons. The number of ether oxygens (including phenoxy) is 1. The van der Waals surface area contributed by atoms with Gasteiger partial charge in [-0.2, -0.15) is 0 Å². The molecule has 2 amide bonds. The second-order valence-corrected chi connectivity index (χ2v) is 10.2. The summed E-state index contributed by atoms with van der Waals surface area (Å²) in [5, 5.41) is 0. The van der Waals surface area contributed by atoms with E-state index in [4.69, 9.17) is 4.74 Å². The Labute approximate surface area is 227 Å². The maximum absolute atomic E-state index is 13.9. The summed E-state index contributed by atoms with van der Waals surface area (Å²) in [4.78, 5) is 31.1. The van der Waals surface area contributed by atoms with Crippen molar-refractivity contribution in [3.05, 3.63) is 95.3 Å². The largest absolute Gasteiger partial charge is 0.383 e. The lowest BCUT2D eigenvalue weighted by Gasteiger charge is -2.36. The molecule has 3 aromatic rings. The minimum atomic E-state index is -0.130. The number of aromatic nitrogens is 1. The van der Waals surface area contributed by atoms with Gasteiger partial charge < -0.3 is 19.1 Å². The van der Waals surface area contributed by atoms with E-state index in [1.165, 1.54) is 17.5 Å². The minimum absolute atomic E-state index is 0.000933. The van der Waals surface area contributed by atoms with Crippen molar-refractivity contribution in [2.75, 3.05) is 26.8 Å². The highest BCUT2D eigenvalue weighted by atomic mass is 16.5. The number of aryl methyl sites for hydroxylation is 1. The molecule has 38 heavy (non-hydrogen) atoms. The van der Waals surface area contributed by atoms with Gasteiger partial charge in [0.2, 0.25) is 5.91 Å². The molecule has 2 aromatic carbocycles. The fourth-order valence-electron chi connectivity index (χ4n) is 5.29. The molecule has 202 valence electrons. The summed E-state index contributed by atoms with van der Waals surface area (Å²) < 4.78 is 7.51. The molecule has 1 aliphatic rings. The van der Waals surface area contributed by atoms with Gasteiger partial charge in [-0.05, 0) is 54.7 Å². The standard InChI is InChI=1S/C32H41N3O3/c1-3-26-16-18-28(19-17-26)32(37)34(21-22-38-2)25-31(36)35(29-13-8-5-9-14-29)24-30-15-10-20-33(30)23-27-11-6-4-7-12-27/h4,6-7,10-12,15-20,29H,3,5,8-9,13-14,21-25H2,1-2H3. The van der Waals surface area contributed by atoms with Crippen LogP contribution in [0, 0.1) is 0 Å². The van der Waals surface area contributed by atoms with Gasteiger partial charge in [-0.25, -0.2) is 0 Å². The van der Waals surface area contributed by atoms with E-state index in [2.05, 4.69) is 54.1 Å². The van der Waals surface area contributed by atoms with Crippen LogP contribution in [0.5, 0.6) is 0 Å². The molecule has 1 heterocycles. The maximum atomic E-state index is 13.9. The topological polar surface area (TPSA) is 54.8 Å². The molecule has 1 aliphatic carbocycles. The maximum Gasteiger partial charge on any atom is 0.254 e. The van der Waals surface area contributed by atoms with Gasteiger partial charge in [-0.3, -0.25) is 9.59 Å². The molecule has 6 nitrogen and oxygen atoms in total. The van der Waals surface area contributed by atoms with Crippen molar-refractivity contribution in [3.63, 3.8) is 0 Å². The molecule has 1 aromatic heterocycles. The molecular formula is C32H41N3O3. The van der Waals surface area contributed by atoms with E-state index in [9.17, 15) is 9.59 Å². The quantitative estimate of drug-likeness (QED) is 0.318. The number of hydrogen-bond donors (Lipinski definition) is 0. The second kappa shape index (κ2) is 14.0. The average molecular weight is 516 g/mol. The number of nitrogens with zero attached hydrogens (tertiary/aromatic N) is 3. The van der Waals surface area contributed by atoms with Crippen molar-refractivity contribution in [1.29, 1.82) is 0 Å². The molecule has 1 saturated carbocycles. The zero-order valence-electron chi connectivity index (χ0n) is 22.9. The van der Waals surface area contributed by atoms with Crippen LogP contribution in [0.25, 0.3) is 0 Å². The van der Waals surface area contributed by atoms with Crippen LogP contribution in [0.2, 0.25) is 0 Å². The zero-order chi connectivity index (χ0) is 26.7. The Kier molecular flexibility index (Phi) is 10.2. The van der Waals surface area contributed by atoms with E-state index in [0.717, 1.165) is 44.3 Å². The second-order valence-electron chi connectivity index (χ2n) is 10.2. The molecule has 0 N–H and O–H groups in total. The Morgan fingerprint density at radius 2 is 1.66 bits per heavy atom. The first-order valence-electron chi connectivity index (χ1n) is 13.9. The Morgan fingerprint density at radius 3 is 2.34 bits per heavy atom. The monoisotopic (exact) mass is 515 g/mol. The fourth-order valence-corrected chi connectivity index (χ4v) is 5.29. The Bertz CT molecular complexity index is 1150. The molecule has 1 fully saturated rings. The van der Waals surface area contributed by atoms with E-state index >= 15 is 0 Å². The van der Waals surface area contributed by atoms with Crippen molar-refractivity contribution in [1.82, 2.24) is 14.4 Å². The summed E-state index contributed by atoms with van der Waals surface area (Å²) in [6, 6.07) is 22.4. The van der Waals surface area contributed by atoms with Gasteiger partial charge in [0.05, 0.1) is 13.2 Å². The first kappa shape index (κ1) is 27.6. The molecule has 0 spiro atoms. The van der Waals surface area contributed by atoms with Gasteiger partial charge in [0.25, 0.3) is 5.91 Å². The number of benzene rings is 2. The first-order valence-corrected chi connectivity index (χ1v) is 13.9. The first-order chi connectivity index (χ1) is 18.6. The van der Waals surface area contributed by atoms with Crippen molar-refractivity contribution >= 4 is 11.8 Å². The molecule has 0 unspecified atom stereocenters. The molecular weight excluding hydrogens is 474 g/mol. The van der Waals surface area contributed by atoms with Crippen LogP contribution in [-0.4, -0.2) is 59.0 Å². The zero-order valence-corrected chi connectivity index (χ0v) is 22.9. The highest BCUT2D eigenvalue weighted by Gasteiger charge is 2.29. The van der Waals surface area contributed by atoms with E-state index in [-0.39, 0.29) is 24.4 Å². The molecule has 0 bridgehead atoms. The van der Waals surface area contributed by atoms with Crippen LogP contribution in [0.3, 0.4) is 0 Å². The Morgan fingerprint density at radius 1 is 0.921 bits per heavy atom. The highest BCUT2D eigenvalue weighted by Crippen LogP contribution is 2.25. The van der Waals surface area contributed by atoms with Gasteiger partial charge in [0.1, 0.15) is 6.54 Å². The normalized spacial score (nSPS) is 13.8. The predicted molar refractivity (Wildman–Crippen MR) is 151 cm³/mol. The number of methoxy groups -OCH3 is 1. The minimum Gasteiger partial charge on any atom is -0.383 e. The average Bonchev–Trinajstić information content (AvgIpc) is 3.40. The van der Waals surface area contributed by atoms with Crippen LogP contribution < -0.4 is 0 Å². The van der Waals surface area contributed by atoms with E-state index in [1.54, 1.807) is 12.0 Å². The van der Waals surface area contributed by atoms with Gasteiger partial charge in [-0.1, -0.05) is 68.7 Å². The van der Waals surface area contributed by atoms with Crippen LogP contribution in [-0.2, 0) is 29.0 Å². The molecule has 0 atom stereocenters. The van der Waals surface area contributed by atoms with Crippen molar-refractivity contribution in [3.8, 4) is 0 Å². The molecule has 0 aliphatic heterocycles. The van der Waals surface area contributed by atoms with Crippen LogP contribution in [0.4, 0.5) is 0 Å². The number of carbonyl (C=O) groups is 2. The Balaban J connectivity index is 1.53. The molecule has 6 heteroatoms. The van der Waals surface area contributed by atoms with Crippen molar-refractivity contribution < 1.29 is 14.3 Å². The molecule has 0 saturated heterocycles. The SMILES string of the molecule is CCc1ccc(C(=O)N(CCOC)CC(=O)N(Cc2cccn2Cc2ccccc2)C2CCCCC2)cc1. The smallest absolute Gasteiger partial charge is 0.254 e. The van der Waals surface area contributed by atoms with E-state index in [0.29, 0.717) is 25.3 Å². The van der Waals surface area contributed by atoms with Crippen LogP contribution >= 0.6 is 0 Å². The third kappa shape index (κ3) is 7.35. The third-order valence-electron chi connectivity index (χ3n) is 7.58. The summed E-state index contributed by atoms with van der Waals surface area (Å²) in [7, 11) is 1.62. The fraction of sp³-hybridized carbons (Fsp3) is 0.438. The third-order valence-corrected chi connectivity index (χ3v) is 7.58. The Hall–Kier alpha value is -3.38. The summed E-state index contributed by atoms with van der Waals surface area (Å²) in [5.74, 6) is -0.131. The summed E-state index contributed by atoms with van der Waals surface area (Å²) in [5.41, 5.74) is 4.12. The van der Waals surface area contributed by atoms with Gasteiger partial charge in [0.15, 0.2) is 0 Å². The highest BCUT2D eigenvalue weighted by molar-refractivity contribution is 5.96. The lowest BCUT2D eigenvalue weighted by molar-refractivity contribution is -0.135. The number of hydrogen-bond acceptors (Lipinski definition) is 3. The van der Waals surface area contributed by atoms with Gasteiger partial charge >= 0.3 is 0 Å². The predicted octanol–water partition coefficient (Wildman–Crippen LogP) is 5.55. The van der Waals surface area contributed by atoms with Crippen molar-refractivity contribution in [2.24, 2.45) is 0 Å².